The topological polar surface area (TPSA) is 46.5 Å². The fraction of sp³-hybridized carbons (Fsp3) is 0.200. The lowest BCUT2D eigenvalue weighted by atomic mass is 10.1. The van der Waals surface area contributed by atoms with E-state index in [0.717, 1.165) is 28.0 Å². The summed E-state index contributed by atoms with van der Waals surface area (Å²) < 4.78 is 29.4. The molecule has 0 fully saturated rings. The SMILES string of the molecule is Cc1cc(-c2cncc(F)c2)n(CCc2c(C)[nH]c3c(F)cccc23)n1. The maximum absolute atomic E-state index is 14.0. The summed E-state index contributed by atoms with van der Waals surface area (Å²) in [5.74, 6) is -0.630. The van der Waals surface area contributed by atoms with Gasteiger partial charge in [-0.3, -0.25) is 9.67 Å². The third-order valence-corrected chi connectivity index (χ3v) is 4.58. The zero-order valence-corrected chi connectivity index (χ0v) is 14.6. The summed E-state index contributed by atoms with van der Waals surface area (Å²) in [5.41, 5.74) is 4.90. The minimum absolute atomic E-state index is 0.252. The van der Waals surface area contributed by atoms with Crippen molar-refractivity contribution >= 4 is 10.9 Å². The van der Waals surface area contributed by atoms with Crippen LogP contribution in [0.2, 0.25) is 0 Å². The highest BCUT2D eigenvalue weighted by molar-refractivity contribution is 5.85. The zero-order chi connectivity index (χ0) is 18.3. The van der Waals surface area contributed by atoms with Gasteiger partial charge in [0, 0.05) is 29.4 Å². The molecule has 132 valence electrons. The van der Waals surface area contributed by atoms with Crippen LogP contribution in [0.5, 0.6) is 0 Å². The summed E-state index contributed by atoms with van der Waals surface area (Å²) in [6.07, 6.45) is 3.50. The minimum atomic E-state index is -0.379. The van der Waals surface area contributed by atoms with Crippen LogP contribution < -0.4 is 0 Å². The van der Waals surface area contributed by atoms with Gasteiger partial charge in [0.05, 0.1) is 23.1 Å². The molecule has 0 saturated carbocycles. The number of aromatic nitrogens is 4. The normalized spacial score (nSPS) is 11.4. The van der Waals surface area contributed by atoms with Crippen molar-refractivity contribution < 1.29 is 8.78 Å². The Morgan fingerprint density at radius 2 is 1.96 bits per heavy atom. The fourth-order valence-electron chi connectivity index (χ4n) is 3.41. The first-order valence-electron chi connectivity index (χ1n) is 8.44. The molecule has 0 radical (unpaired) electrons. The highest BCUT2D eigenvalue weighted by Crippen LogP contribution is 2.26. The molecule has 0 amide bonds. The number of pyridine rings is 1. The molecule has 0 aliphatic heterocycles. The number of halogens is 2. The summed E-state index contributed by atoms with van der Waals surface area (Å²) in [6, 6.07) is 8.46. The molecule has 0 aliphatic carbocycles. The Kier molecular flexibility index (Phi) is 4.03. The number of aromatic amines is 1. The van der Waals surface area contributed by atoms with Gasteiger partial charge in [0.25, 0.3) is 0 Å². The Balaban J connectivity index is 1.68. The zero-order valence-electron chi connectivity index (χ0n) is 14.6. The summed E-state index contributed by atoms with van der Waals surface area (Å²) >= 11 is 0. The maximum atomic E-state index is 14.0. The lowest BCUT2D eigenvalue weighted by Gasteiger charge is -2.08. The van der Waals surface area contributed by atoms with Gasteiger partial charge in [0.1, 0.15) is 11.6 Å². The Hall–Kier alpha value is -3.02. The summed E-state index contributed by atoms with van der Waals surface area (Å²) in [7, 11) is 0. The van der Waals surface area contributed by atoms with Gasteiger partial charge in [-0.15, -0.1) is 0 Å². The molecule has 26 heavy (non-hydrogen) atoms. The van der Waals surface area contributed by atoms with Gasteiger partial charge in [-0.25, -0.2) is 8.78 Å². The quantitative estimate of drug-likeness (QED) is 0.585. The van der Waals surface area contributed by atoms with Gasteiger partial charge in [0.15, 0.2) is 0 Å². The van der Waals surface area contributed by atoms with E-state index in [9.17, 15) is 8.78 Å². The van der Waals surface area contributed by atoms with Crippen LogP contribution in [-0.4, -0.2) is 19.7 Å². The second-order valence-corrected chi connectivity index (χ2v) is 6.43. The Morgan fingerprint density at radius 3 is 2.77 bits per heavy atom. The highest BCUT2D eigenvalue weighted by atomic mass is 19.1. The van der Waals surface area contributed by atoms with Crippen LogP contribution in [0.15, 0.2) is 42.7 Å². The molecule has 0 atom stereocenters. The number of fused-ring (bicyclic) bond motifs is 1. The van der Waals surface area contributed by atoms with E-state index in [-0.39, 0.29) is 11.6 Å². The molecule has 4 nitrogen and oxygen atoms in total. The average molecular weight is 352 g/mol. The van der Waals surface area contributed by atoms with Crippen molar-refractivity contribution in [1.82, 2.24) is 19.7 Å². The highest BCUT2D eigenvalue weighted by Gasteiger charge is 2.14. The van der Waals surface area contributed by atoms with Crippen molar-refractivity contribution in [3.05, 3.63) is 71.3 Å². The molecule has 6 heteroatoms. The van der Waals surface area contributed by atoms with Gasteiger partial charge in [-0.05, 0) is 44.0 Å². The molecule has 0 aliphatic rings. The van der Waals surface area contributed by atoms with Crippen molar-refractivity contribution in [1.29, 1.82) is 0 Å². The van der Waals surface area contributed by atoms with Crippen molar-refractivity contribution in [2.75, 3.05) is 0 Å². The molecular formula is C20H18F2N4. The second kappa shape index (κ2) is 6.37. The molecule has 3 aromatic heterocycles. The van der Waals surface area contributed by atoms with Crippen LogP contribution in [0.1, 0.15) is 17.0 Å². The number of nitrogens with zero attached hydrogens (tertiary/aromatic N) is 3. The van der Waals surface area contributed by atoms with E-state index in [1.165, 1.54) is 18.3 Å². The first-order valence-corrected chi connectivity index (χ1v) is 8.44. The summed E-state index contributed by atoms with van der Waals surface area (Å²) in [4.78, 5) is 7.05. The molecule has 3 heterocycles. The van der Waals surface area contributed by atoms with Crippen LogP contribution in [0.3, 0.4) is 0 Å². The fourth-order valence-corrected chi connectivity index (χ4v) is 3.41. The van der Waals surface area contributed by atoms with E-state index in [1.54, 1.807) is 12.3 Å². The van der Waals surface area contributed by atoms with E-state index in [4.69, 9.17) is 0 Å². The van der Waals surface area contributed by atoms with Crippen molar-refractivity contribution in [2.24, 2.45) is 0 Å². The number of aryl methyl sites for hydroxylation is 4. The van der Waals surface area contributed by atoms with E-state index in [1.807, 2.05) is 30.7 Å². The smallest absolute Gasteiger partial charge is 0.147 e. The van der Waals surface area contributed by atoms with Crippen LogP contribution in [0.4, 0.5) is 8.78 Å². The lowest BCUT2D eigenvalue weighted by molar-refractivity contribution is 0.611. The number of rotatable bonds is 4. The standard InChI is InChI=1S/C20H18F2N4/c1-12-8-19(14-9-15(21)11-23-10-14)26(25-12)7-6-16-13(2)24-20-17(16)4-3-5-18(20)22/h3-5,8-11,24H,6-7H2,1-2H3. The van der Waals surface area contributed by atoms with Gasteiger partial charge in [-0.1, -0.05) is 12.1 Å². The Labute approximate surface area is 149 Å². The molecular weight excluding hydrogens is 334 g/mol. The molecule has 4 aromatic rings. The molecule has 0 spiro atoms. The summed E-state index contributed by atoms with van der Waals surface area (Å²) in [5, 5.41) is 5.41. The number of hydrogen-bond acceptors (Lipinski definition) is 2. The first-order chi connectivity index (χ1) is 12.5. The Bertz CT molecular complexity index is 1090. The van der Waals surface area contributed by atoms with Crippen molar-refractivity contribution in [3.63, 3.8) is 0 Å². The van der Waals surface area contributed by atoms with Gasteiger partial charge in [-0.2, -0.15) is 5.10 Å². The Morgan fingerprint density at radius 1 is 1.12 bits per heavy atom. The third-order valence-electron chi connectivity index (χ3n) is 4.58. The van der Waals surface area contributed by atoms with E-state index >= 15 is 0 Å². The van der Waals surface area contributed by atoms with E-state index in [2.05, 4.69) is 15.1 Å². The molecule has 0 saturated heterocycles. The van der Waals surface area contributed by atoms with Gasteiger partial charge < -0.3 is 4.98 Å². The van der Waals surface area contributed by atoms with Gasteiger partial charge in [0.2, 0.25) is 0 Å². The minimum Gasteiger partial charge on any atom is -0.356 e. The number of benzene rings is 1. The van der Waals surface area contributed by atoms with Gasteiger partial charge >= 0.3 is 0 Å². The largest absolute Gasteiger partial charge is 0.356 e. The molecule has 4 rings (SSSR count). The number of nitrogens with one attached hydrogen (secondary N) is 1. The molecule has 1 aromatic carbocycles. The monoisotopic (exact) mass is 352 g/mol. The average Bonchev–Trinajstić information content (AvgIpc) is 3.13. The predicted octanol–water partition coefficient (Wildman–Crippen LogP) is 4.56. The van der Waals surface area contributed by atoms with Crippen molar-refractivity contribution in [2.45, 2.75) is 26.8 Å². The predicted molar refractivity (Wildman–Crippen MR) is 96.9 cm³/mol. The maximum Gasteiger partial charge on any atom is 0.147 e. The third kappa shape index (κ3) is 2.87. The van der Waals surface area contributed by atoms with Crippen LogP contribution in [0.25, 0.3) is 22.2 Å². The number of H-pyrrole nitrogens is 1. The van der Waals surface area contributed by atoms with Crippen LogP contribution in [0, 0.1) is 25.5 Å². The second-order valence-electron chi connectivity index (χ2n) is 6.43. The van der Waals surface area contributed by atoms with E-state index < -0.39 is 0 Å². The number of para-hydroxylation sites is 1. The lowest BCUT2D eigenvalue weighted by Crippen LogP contribution is -2.06. The molecule has 0 bridgehead atoms. The summed E-state index contributed by atoms with van der Waals surface area (Å²) in [6.45, 7) is 4.45. The molecule has 1 N–H and O–H groups in total. The van der Waals surface area contributed by atoms with Crippen LogP contribution in [-0.2, 0) is 13.0 Å². The first kappa shape index (κ1) is 16.4. The number of hydrogen-bond donors (Lipinski definition) is 1. The van der Waals surface area contributed by atoms with Crippen molar-refractivity contribution in [3.8, 4) is 11.3 Å². The van der Waals surface area contributed by atoms with E-state index in [0.29, 0.717) is 24.0 Å². The molecule has 0 unspecified atom stereocenters. The van der Waals surface area contributed by atoms with Crippen LogP contribution >= 0.6 is 0 Å².